The molecule has 1 aromatic heterocycles. The molecule has 2 aromatic rings. The zero-order chi connectivity index (χ0) is 17.1. The monoisotopic (exact) mass is 357 g/mol. The van der Waals surface area contributed by atoms with Gasteiger partial charge in [0.05, 0.1) is 0 Å². The Morgan fingerprint density at radius 1 is 1.12 bits per heavy atom. The van der Waals surface area contributed by atoms with E-state index in [1.54, 1.807) is 12.7 Å². The lowest BCUT2D eigenvalue weighted by Crippen LogP contribution is -2.39. The average Bonchev–Trinajstić information content (AvgIpc) is 3.32. The van der Waals surface area contributed by atoms with Crippen molar-refractivity contribution >= 4 is 17.7 Å². The van der Waals surface area contributed by atoms with Crippen LogP contribution >= 0.6 is 11.8 Å². The van der Waals surface area contributed by atoms with Gasteiger partial charge in [-0.25, -0.2) is 0 Å². The van der Waals surface area contributed by atoms with E-state index in [-0.39, 0.29) is 5.91 Å². The summed E-state index contributed by atoms with van der Waals surface area (Å²) < 4.78 is 1.82. The molecule has 1 atom stereocenters. The summed E-state index contributed by atoms with van der Waals surface area (Å²) in [5, 5.41) is 7.66. The van der Waals surface area contributed by atoms with E-state index < -0.39 is 0 Å². The number of nitrogens with zero attached hydrogens (tertiary/aromatic N) is 5. The molecule has 1 unspecified atom stereocenters. The van der Waals surface area contributed by atoms with Crippen molar-refractivity contribution in [1.82, 2.24) is 24.6 Å². The number of thioether (sulfide) groups is 1. The van der Waals surface area contributed by atoms with E-state index in [1.807, 2.05) is 33.7 Å². The molecule has 0 saturated carbocycles. The molecule has 0 bridgehead atoms. The molecular weight excluding hydrogens is 334 g/mol. The fourth-order valence-corrected chi connectivity index (χ4v) is 4.89. The highest BCUT2D eigenvalue weighted by atomic mass is 32.2. The van der Waals surface area contributed by atoms with Gasteiger partial charge in [0.15, 0.2) is 0 Å². The second kappa shape index (κ2) is 7.58. The van der Waals surface area contributed by atoms with Crippen molar-refractivity contribution in [3.05, 3.63) is 42.5 Å². The van der Waals surface area contributed by atoms with Gasteiger partial charge in [0.2, 0.25) is 0 Å². The number of amides is 1. The van der Waals surface area contributed by atoms with Gasteiger partial charge in [0.25, 0.3) is 5.91 Å². The maximum Gasteiger partial charge on any atom is 0.253 e. The average molecular weight is 357 g/mol. The van der Waals surface area contributed by atoms with E-state index in [2.05, 4.69) is 26.9 Å². The summed E-state index contributed by atoms with van der Waals surface area (Å²) in [4.78, 5) is 17.6. The van der Waals surface area contributed by atoms with E-state index >= 15 is 0 Å². The summed E-state index contributed by atoms with van der Waals surface area (Å²) in [6.45, 7) is 3.75. The molecular formula is C18H23N5OS. The maximum absolute atomic E-state index is 13.0. The van der Waals surface area contributed by atoms with Gasteiger partial charge in [0.1, 0.15) is 12.7 Å². The van der Waals surface area contributed by atoms with Crippen LogP contribution in [0.15, 0.2) is 36.9 Å². The summed E-state index contributed by atoms with van der Waals surface area (Å²) in [6.07, 6.45) is 5.64. The van der Waals surface area contributed by atoms with Crippen LogP contribution in [-0.4, -0.2) is 74.2 Å². The normalized spacial score (nSPS) is 22.1. The summed E-state index contributed by atoms with van der Waals surface area (Å²) in [5.41, 5.74) is 1.64. The lowest BCUT2D eigenvalue weighted by atomic mass is 10.1. The van der Waals surface area contributed by atoms with Crippen molar-refractivity contribution in [1.29, 1.82) is 0 Å². The second-order valence-corrected chi connectivity index (χ2v) is 7.77. The zero-order valence-electron chi connectivity index (χ0n) is 14.3. The predicted molar refractivity (Wildman–Crippen MR) is 99.2 cm³/mol. The summed E-state index contributed by atoms with van der Waals surface area (Å²) in [7, 11) is 0. The number of hydrogen-bond acceptors (Lipinski definition) is 5. The van der Waals surface area contributed by atoms with Crippen LogP contribution in [0.5, 0.6) is 0 Å². The van der Waals surface area contributed by atoms with Crippen molar-refractivity contribution in [2.24, 2.45) is 0 Å². The fraction of sp³-hybridized carbons (Fsp3) is 0.500. The zero-order valence-corrected chi connectivity index (χ0v) is 15.1. The third-order valence-corrected chi connectivity index (χ3v) is 6.19. The molecule has 1 amide bonds. The minimum absolute atomic E-state index is 0.123. The Kier molecular flexibility index (Phi) is 5.03. The Bertz CT molecular complexity index is 714. The highest BCUT2D eigenvalue weighted by Gasteiger charge is 2.26. The number of carbonyl (C=O) groups is 1. The standard InChI is InChI=1S/C18H23N5OS/c24-18(15-3-1-4-16(11-15)23-13-19-20-14-23)22-7-2-6-21(8-9-22)17-5-10-25-12-17/h1,3-4,11,13-14,17H,2,5-10,12H2. The number of aromatic nitrogens is 3. The van der Waals surface area contributed by atoms with Crippen LogP contribution in [0, 0.1) is 0 Å². The molecule has 2 aliphatic heterocycles. The van der Waals surface area contributed by atoms with Gasteiger partial charge < -0.3 is 4.90 Å². The first-order valence-electron chi connectivity index (χ1n) is 8.87. The van der Waals surface area contributed by atoms with Gasteiger partial charge in [-0.3, -0.25) is 14.3 Å². The van der Waals surface area contributed by atoms with Crippen molar-refractivity contribution in [3.8, 4) is 5.69 Å². The molecule has 2 saturated heterocycles. The van der Waals surface area contributed by atoms with Gasteiger partial charge in [-0.2, -0.15) is 11.8 Å². The summed E-state index contributed by atoms with van der Waals surface area (Å²) >= 11 is 2.05. The SMILES string of the molecule is O=C(c1cccc(-n2cnnc2)c1)N1CCCN(C2CCSC2)CC1. The molecule has 4 rings (SSSR count). The molecule has 25 heavy (non-hydrogen) atoms. The molecule has 0 aliphatic carbocycles. The number of hydrogen-bond donors (Lipinski definition) is 0. The van der Waals surface area contributed by atoms with Gasteiger partial charge in [-0.05, 0) is 36.8 Å². The number of rotatable bonds is 3. The molecule has 0 N–H and O–H groups in total. The van der Waals surface area contributed by atoms with E-state index in [4.69, 9.17) is 0 Å². The molecule has 2 aliphatic rings. The Hall–Kier alpha value is -1.86. The molecule has 2 fully saturated rings. The molecule has 7 heteroatoms. The minimum Gasteiger partial charge on any atom is -0.337 e. The van der Waals surface area contributed by atoms with Crippen LogP contribution in [0.4, 0.5) is 0 Å². The third kappa shape index (κ3) is 3.72. The van der Waals surface area contributed by atoms with Gasteiger partial charge in [0, 0.05) is 49.2 Å². The molecule has 6 nitrogen and oxygen atoms in total. The topological polar surface area (TPSA) is 54.3 Å². The third-order valence-electron chi connectivity index (χ3n) is 5.05. The van der Waals surface area contributed by atoms with Crippen LogP contribution in [0.25, 0.3) is 5.69 Å². The minimum atomic E-state index is 0.123. The van der Waals surface area contributed by atoms with Gasteiger partial charge in [-0.1, -0.05) is 6.07 Å². The number of benzene rings is 1. The molecule has 0 spiro atoms. The Balaban J connectivity index is 1.45. The summed E-state index contributed by atoms with van der Waals surface area (Å²) in [6, 6.07) is 8.40. The first-order chi connectivity index (χ1) is 12.3. The van der Waals surface area contributed by atoms with Crippen LogP contribution in [0.3, 0.4) is 0 Å². The molecule has 132 valence electrons. The van der Waals surface area contributed by atoms with E-state index in [1.165, 1.54) is 17.9 Å². The molecule has 1 aromatic carbocycles. The molecule has 0 radical (unpaired) electrons. The van der Waals surface area contributed by atoms with E-state index in [0.717, 1.165) is 43.9 Å². The van der Waals surface area contributed by atoms with Crippen LogP contribution in [0.1, 0.15) is 23.2 Å². The van der Waals surface area contributed by atoms with Crippen molar-refractivity contribution < 1.29 is 4.79 Å². The van der Waals surface area contributed by atoms with Crippen molar-refractivity contribution in [2.45, 2.75) is 18.9 Å². The Morgan fingerprint density at radius 3 is 2.80 bits per heavy atom. The predicted octanol–water partition coefficient (Wildman–Crippen LogP) is 1.92. The second-order valence-electron chi connectivity index (χ2n) is 6.62. The van der Waals surface area contributed by atoms with Gasteiger partial charge >= 0.3 is 0 Å². The first-order valence-corrected chi connectivity index (χ1v) is 10.0. The number of carbonyl (C=O) groups excluding carboxylic acids is 1. The van der Waals surface area contributed by atoms with Crippen molar-refractivity contribution in [2.75, 3.05) is 37.7 Å². The molecule has 3 heterocycles. The lowest BCUT2D eigenvalue weighted by Gasteiger charge is -2.26. The van der Waals surface area contributed by atoms with E-state index in [9.17, 15) is 4.79 Å². The van der Waals surface area contributed by atoms with E-state index in [0.29, 0.717) is 6.04 Å². The maximum atomic E-state index is 13.0. The van der Waals surface area contributed by atoms with Gasteiger partial charge in [-0.15, -0.1) is 10.2 Å². The van der Waals surface area contributed by atoms with Crippen LogP contribution in [0.2, 0.25) is 0 Å². The Labute approximate surface area is 152 Å². The highest BCUT2D eigenvalue weighted by molar-refractivity contribution is 7.99. The van der Waals surface area contributed by atoms with Crippen LogP contribution < -0.4 is 0 Å². The summed E-state index contributed by atoms with van der Waals surface area (Å²) in [5.74, 6) is 2.65. The lowest BCUT2D eigenvalue weighted by molar-refractivity contribution is 0.0759. The fourth-order valence-electron chi connectivity index (χ4n) is 3.63. The Morgan fingerprint density at radius 2 is 2.00 bits per heavy atom. The van der Waals surface area contributed by atoms with Crippen LogP contribution in [-0.2, 0) is 0 Å². The smallest absolute Gasteiger partial charge is 0.253 e. The first kappa shape index (κ1) is 16.6. The largest absolute Gasteiger partial charge is 0.337 e. The highest BCUT2D eigenvalue weighted by Crippen LogP contribution is 2.23. The van der Waals surface area contributed by atoms with Crippen molar-refractivity contribution in [3.63, 3.8) is 0 Å². The quantitative estimate of drug-likeness (QED) is 0.840.